The molecule has 2 aliphatic heterocycles. The van der Waals surface area contributed by atoms with Crippen molar-refractivity contribution in [3.63, 3.8) is 0 Å². The zero-order valence-electron chi connectivity index (χ0n) is 6.76. The molecule has 1 N–H and O–H groups in total. The van der Waals surface area contributed by atoms with Crippen molar-refractivity contribution in [2.24, 2.45) is 5.41 Å². The summed E-state index contributed by atoms with van der Waals surface area (Å²) in [5.41, 5.74) is -0.0784. The van der Waals surface area contributed by atoms with Crippen molar-refractivity contribution in [3.8, 4) is 0 Å². The van der Waals surface area contributed by atoms with Crippen LogP contribution in [0.1, 0.15) is 19.3 Å². The van der Waals surface area contributed by atoms with Gasteiger partial charge in [0.1, 0.15) is 0 Å². The number of carbonyl (C=O) groups excluding carboxylic acids is 2. The third kappa shape index (κ3) is 1.17. The SMILES string of the molecule is O=C1CC[C@@]2(CN1)COC(=O)C2. The molecule has 4 heteroatoms. The zero-order chi connectivity index (χ0) is 8.60. The Morgan fingerprint density at radius 2 is 2.25 bits per heavy atom. The first-order chi connectivity index (χ1) is 5.70. The molecule has 0 unspecified atom stereocenters. The standard InChI is InChI=1S/C8H11NO3/c10-6-1-2-8(4-9-6)3-7(11)12-5-8/h1-5H2,(H,9,10)/t8-/m1/s1. The molecule has 1 spiro atoms. The largest absolute Gasteiger partial charge is 0.465 e. The second-order valence-corrected chi connectivity index (χ2v) is 3.61. The molecule has 66 valence electrons. The van der Waals surface area contributed by atoms with Gasteiger partial charge in [0.25, 0.3) is 0 Å². The van der Waals surface area contributed by atoms with E-state index >= 15 is 0 Å². The molecule has 0 aromatic rings. The highest BCUT2D eigenvalue weighted by Gasteiger charge is 2.42. The Morgan fingerprint density at radius 3 is 2.75 bits per heavy atom. The van der Waals surface area contributed by atoms with Crippen LogP contribution in [-0.4, -0.2) is 25.0 Å². The first-order valence-corrected chi connectivity index (χ1v) is 4.13. The van der Waals surface area contributed by atoms with E-state index in [1.165, 1.54) is 0 Å². The lowest BCUT2D eigenvalue weighted by molar-refractivity contribution is -0.137. The molecule has 4 nitrogen and oxygen atoms in total. The molecule has 2 heterocycles. The molecule has 2 rings (SSSR count). The molecule has 0 saturated carbocycles. The van der Waals surface area contributed by atoms with Gasteiger partial charge in [0, 0.05) is 18.4 Å². The molecule has 0 radical (unpaired) electrons. The fourth-order valence-electron chi connectivity index (χ4n) is 1.76. The Balaban J connectivity index is 2.04. The molecule has 1 atom stereocenters. The summed E-state index contributed by atoms with van der Waals surface area (Å²) in [6, 6.07) is 0. The van der Waals surface area contributed by atoms with Gasteiger partial charge in [-0.05, 0) is 6.42 Å². The van der Waals surface area contributed by atoms with Crippen LogP contribution in [-0.2, 0) is 14.3 Å². The highest BCUT2D eigenvalue weighted by Crippen LogP contribution is 2.35. The van der Waals surface area contributed by atoms with E-state index in [9.17, 15) is 9.59 Å². The van der Waals surface area contributed by atoms with Gasteiger partial charge in [-0.2, -0.15) is 0 Å². The summed E-state index contributed by atoms with van der Waals surface area (Å²) in [5.74, 6) is -0.0499. The normalized spacial score (nSPS) is 35.0. The smallest absolute Gasteiger partial charge is 0.306 e. The van der Waals surface area contributed by atoms with Gasteiger partial charge in [-0.15, -0.1) is 0 Å². The average molecular weight is 169 g/mol. The van der Waals surface area contributed by atoms with Gasteiger partial charge >= 0.3 is 5.97 Å². The summed E-state index contributed by atoms with van der Waals surface area (Å²) in [7, 11) is 0. The Labute approximate surface area is 70.3 Å². The Bertz CT molecular complexity index is 226. The van der Waals surface area contributed by atoms with Gasteiger partial charge in [0.05, 0.1) is 13.0 Å². The molecule has 2 fully saturated rings. The topological polar surface area (TPSA) is 55.4 Å². The first kappa shape index (κ1) is 7.58. The maximum atomic E-state index is 10.9. The summed E-state index contributed by atoms with van der Waals surface area (Å²) in [6.07, 6.45) is 1.77. The Hall–Kier alpha value is -1.06. The van der Waals surface area contributed by atoms with E-state index in [0.29, 0.717) is 26.0 Å². The summed E-state index contributed by atoms with van der Waals surface area (Å²) < 4.78 is 4.89. The molecule has 1 amide bonds. The molecule has 0 aliphatic carbocycles. The molecular weight excluding hydrogens is 158 g/mol. The Kier molecular flexibility index (Phi) is 1.56. The number of hydrogen-bond donors (Lipinski definition) is 1. The van der Waals surface area contributed by atoms with E-state index in [1.807, 2.05) is 0 Å². The fourth-order valence-corrected chi connectivity index (χ4v) is 1.76. The molecule has 0 bridgehead atoms. The number of carbonyl (C=O) groups is 2. The zero-order valence-corrected chi connectivity index (χ0v) is 6.76. The molecule has 0 aromatic carbocycles. The monoisotopic (exact) mass is 169 g/mol. The van der Waals surface area contributed by atoms with Crippen molar-refractivity contribution >= 4 is 11.9 Å². The van der Waals surface area contributed by atoms with E-state index in [0.717, 1.165) is 6.42 Å². The van der Waals surface area contributed by atoms with Crippen LogP contribution < -0.4 is 5.32 Å². The van der Waals surface area contributed by atoms with Crippen molar-refractivity contribution in [1.82, 2.24) is 5.32 Å². The van der Waals surface area contributed by atoms with Gasteiger partial charge in [0.15, 0.2) is 0 Å². The second kappa shape index (κ2) is 2.47. The molecule has 0 aromatic heterocycles. The summed E-state index contributed by atoms with van der Waals surface area (Å²) in [5, 5.41) is 2.76. The van der Waals surface area contributed by atoms with Gasteiger partial charge < -0.3 is 10.1 Å². The van der Waals surface area contributed by atoms with Crippen molar-refractivity contribution < 1.29 is 14.3 Å². The third-order valence-corrected chi connectivity index (χ3v) is 2.60. The Morgan fingerprint density at radius 1 is 1.42 bits per heavy atom. The van der Waals surface area contributed by atoms with Gasteiger partial charge in [-0.3, -0.25) is 9.59 Å². The second-order valence-electron chi connectivity index (χ2n) is 3.61. The number of rotatable bonds is 0. The fraction of sp³-hybridized carbons (Fsp3) is 0.750. The lowest BCUT2D eigenvalue weighted by atomic mass is 9.80. The predicted octanol–water partition coefficient (Wildman–Crippen LogP) is -0.170. The minimum Gasteiger partial charge on any atom is -0.465 e. The van der Waals surface area contributed by atoms with E-state index in [-0.39, 0.29) is 17.3 Å². The van der Waals surface area contributed by atoms with E-state index in [2.05, 4.69) is 5.32 Å². The minimum absolute atomic E-state index is 0.0784. The van der Waals surface area contributed by atoms with E-state index in [4.69, 9.17) is 4.74 Å². The lowest BCUT2D eigenvalue weighted by Crippen LogP contribution is -2.43. The van der Waals surface area contributed by atoms with Crippen LogP contribution in [0.4, 0.5) is 0 Å². The summed E-state index contributed by atoms with van der Waals surface area (Å²) >= 11 is 0. The van der Waals surface area contributed by atoms with Crippen LogP contribution in [0, 0.1) is 5.41 Å². The van der Waals surface area contributed by atoms with Crippen LogP contribution in [0.25, 0.3) is 0 Å². The molecule has 2 saturated heterocycles. The predicted molar refractivity (Wildman–Crippen MR) is 40.3 cm³/mol. The maximum absolute atomic E-state index is 10.9. The number of amides is 1. The van der Waals surface area contributed by atoms with Gasteiger partial charge in [0.2, 0.25) is 5.91 Å². The van der Waals surface area contributed by atoms with Crippen LogP contribution in [0.15, 0.2) is 0 Å². The van der Waals surface area contributed by atoms with Gasteiger partial charge in [-0.25, -0.2) is 0 Å². The number of piperidine rings is 1. The van der Waals surface area contributed by atoms with Crippen molar-refractivity contribution in [2.75, 3.05) is 13.2 Å². The van der Waals surface area contributed by atoms with Crippen LogP contribution in [0.3, 0.4) is 0 Å². The van der Waals surface area contributed by atoms with Crippen molar-refractivity contribution in [2.45, 2.75) is 19.3 Å². The third-order valence-electron chi connectivity index (χ3n) is 2.60. The number of ether oxygens (including phenoxy) is 1. The van der Waals surface area contributed by atoms with Crippen LogP contribution >= 0.6 is 0 Å². The van der Waals surface area contributed by atoms with Crippen LogP contribution in [0.2, 0.25) is 0 Å². The maximum Gasteiger partial charge on any atom is 0.306 e. The van der Waals surface area contributed by atoms with Crippen LogP contribution in [0.5, 0.6) is 0 Å². The summed E-state index contributed by atoms with van der Waals surface area (Å²) in [6.45, 7) is 1.07. The number of cyclic esters (lactones) is 1. The number of nitrogens with one attached hydrogen (secondary N) is 1. The lowest BCUT2D eigenvalue weighted by Gasteiger charge is -2.30. The molecule has 12 heavy (non-hydrogen) atoms. The quantitative estimate of drug-likeness (QED) is 0.512. The van der Waals surface area contributed by atoms with Crippen molar-refractivity contribution in [3.05, 3.63) is 0 Å². The summed E-state index contributed by atoms with van der Waals surface area (Å²) in [4.78, 5) is 21.7. The average Bonchev–Trinajstić information content (AvgIpc) is 2.40. The molecular formula is C8H11NO3. The minimum atomic E-state index is -0.133. The van der Waals surface area contributed by atoms with Crippen molar-refractivity contribution in [1.29, 1.82) is 0 Å². The number of esters is 1. The molecule has 2 aliphatic rings. The highest BCUT2D eigenvalue weighted by molar-refractivity contribution is 5.78. The highest BCUT2D eigenvalue weighted by atomic mass is 16.5. The van der Waals surface area contributed by atoms with Gasteiger partial charge in [-0.1, -0.05) is 0 Å². The van der Waals surface area contributed by atoms with E-state index < -0.39 is 0 Å². The number of hydrogen-bond acceptors (Lipinski definition) is 3. The van der Waals surface area contributed by atoms with E-state index in [1.54, 1.807) is 0 Å². The first-order valence-electron chi connectivity index (χ1n) is 4.13.